The van der Waals surface area contributed by atoms with Gasteiger partial charge in [-0.25, -0.2) is 9.37 Å². The first kappa shape index (κ1) is 26.2. The van der Waals surface area contributed by atoms with Crippen molar-refractivity contribution in [3.8, 4) is 16.9 Å². The fourth-order valence-electron chi connectivity index (χ4n) is 4.55. The molecule has 1 fully saturated rings. The van der Waals surface area contributed by atoms with Crippen LogP contribution in [0, 0.1) is 5.82 Å². The zero-order valence-electron chi connectivity index (χ0n) is 22.0. The SMILES string of the molecule is CC(C)c1cc(Nc2cccc(-c3cccc(O)c3)c2)ccc1CN=Nc1ncc(F)c(N2CCOCC2)n1. The van der Waals surface area contributed by atoms with Gasteiger partial charge in [-0.05, 0) is 64.6 Å². The fraction of sp³-hybridized carbons (Fsp3) is 0.267. The normalized spacial score (nSPS) is 13.8. The van der Waals surface area contributed by atoms with Gasteiger partial charge in [-0.2, -0.15) is 10.1 Å². The van der Waals surface area contributed by atoms with E-state index in [1.54, 1.807) is 12.1 Å². The lowest BCUT2D eigenvalue weighted by molar-refractivity contribution is 0.122. The quantitative estimate of drug-likeness (QED) is 0.241. The Labute approximate surface area is 227 Å². The van der Waals surface area contributed by atoms with Crippen LogP contribution in [0.4, 0.5) is 27.5 Å². The molecule has 0 atom stereocenters. The molecule has 3 aromatic carbocycles. The number of hydrogen-bond donors (Lipinski definition) is 2. The number of phenolic OH excluding ortho intramolecular Hbond substituents is 1. The Morgan fingerprint density at radius 3 is 2.51 bits per heavy atom. The summed E-state index contributed by atoms with van der Waals surface area (Å²) in [6.45, 7) is 6.85. The molecule has 1 aliphatic rings. The Bertz CT molecular complexity index is 1470. The molecular weight excluding hydrogens is 495 g/mol. The molecule has 200 valence electrons. The number of anilines is 3. The molecule has 0 bridgehead atoms. The first-order valence-corrected chi connectivity index (χ1v) is 13.0. The van der Waals surface area contributed by atoms with Gasteiger partial charge >= 0.3 is 0 Å². The van der Waals surface area contributed by atoms with Crippen molar-refractivity contribution in [2.45, 2.75) is 26.3 Å². The van der Waals surface area contributed by atoms with Crippen molar-refractivity contribution < 1.29 is 14.2 Å². The van der Waals surface area contributed by atoms with E-state index in [4.69, 9.17) is 4.74 Å². The summed E-state index contributed by atoms with van der Waals surface area (Å²) in [7, 11) is 0. The maximum atomic E-state index is 14.3. The molecule has 0 radical (unpaired) electrons. The van der Waals surface area contributed by atoms with Crippen molar-refractivity contribution in [2.24, 2.45) is 10.2 Å². The minimum atomic E-state index is -0.478. The highest BCUT2D eigenvalue weighted by Crippen LogP contribution is 2.30. The summed E-state index contributed by atoms with van der Waals surface area (Å²) >= 11 is 0. The Morgan fingerprint density at radius 1 is 1.00 bits per heavy atom. The summed E-state index contributed by atoms with van der Waals surface area (Å²) in [5.74, 6) is 0.394. The molecule has 5 rings (SSSR count). The van der Waals surface area contributed by atoms with Crippen molar-refractivity contribution in [3.63, 3.8) is 0 Å². The maximum Gasteiger partial charge on any atom is 0.270 e. The third-order valence-corrected chi connectivity index (χ3v) is 6.52. The van der Waals surface area contributed by atoms with Crippen molar-refractivity contribution in [1.29, 1.82) is 0 Å². The summed E-state index contributed by atoms with van der Waals surface area (Å²) in [5.41, 5.74) is 6.06. The van der Waals surface area contributed by atoms with Crippen LogP contribution >= 0.6 is 0 Å². The van der Waals surface area contributed by atoms with Crippen molar-refractivity contribution in [3.05, 3.63) is 89.9 Å². The van der Waals surface area contributed by atoms with Crippen LogP contribution in [-0.4, -0.2) is 41.4 Å². The number of aromatic nitrogens is 2. The minimum absolute atomic E-state index is 0.133. The van der Waals surface area contributed by atoms with Crippen LogP contribution in [0.3, 0.4) is 0 Å². The number of hydrogen-bond acceptors (Lipinski definition) is 8. The molecule has 0 saturated carbocycles. The molecule has 0 unspecified atom stereocenters. The maximum absolute atomic E-state index is 14.3. The lowest BCUT2D eigenvalue weighted by Gasteiger charge is -2.27. The van der Waals surface area contributed by atoms with Gasteiger partial charge in [0.1, 0.15) is 5.75 Å². The molecule has 39 heavy (non-hydrogen) atoms. The van der Waals surface area contributed by atoms with Crippen LogP contribution in [0.5, 0.6) is 5.75 Å². The third kappa shape index (κ3) is 6.56. The van der Waals surface area contributed by atoms with E-state index >= 15 is 0 Å². The van der Waals surface area contributed by atoms with Gasteiger partial charge in [0.2, 0.25) is 0 Å². The molecule has 0 spiro atoms. The molecule has 1 aromatic heterocycles. The van der Waals surface area contributed by atoms with Crippen LogP contribution in [0.1, 0.15) is 30.9 Å². The predicted molar refractivity (Wildman–Crippen MR) is 151 cm³/mol. The lowest BCUT2D eigenvalue weighted by Crippen LogP contribution is -2.37. The van der Waals surface area contributed by atoms with E-state index in [0.717, 1.165) is 39.8 Å². The number of rotatable bonds is 8. The summed E-state index contributed by atoms with van der Waals surface area (Å²) in [5, 5.41) is 21.8. The van der Waals surface area contributed by atoms with E-state index in [9.17, 15) is 9.50 Å². The van der Waals surface area contributed by atoms with E-state index in [2.05, 4.69) is 51.5 Å². The topological polar surface area (TPSA) is 95.2 Å². The van der Waals surface area contributed by atoms with Gasteiger partial charge in [0.05, 0.1) is 26.0 Å². The molecule has 1 saturated heterocycles. The number of ether oxygens (including phenoxy) is 1. The predicted octanol–water partition coefficient (Wildman–Crippen LogP) is 6.98. The van der Waals surface area contributed by atoms with Crippen LogP contribution in [0.25, 0.3) is 11.1 Å². The number of azo groups is 1. The van der Waals surface area contributed by atoms with E-state index in [-0.39, 0.29) is 23.4 Å². The number of morpholine rings is 1. The number of aromatic hydroxyl groups is 1. The Hall–Kier alpha value is -4.37. The molecular formula is C30H31FN6O2. The van der Waals surface area contributed by atoms with Gasteiger partial charge in [0, 0.05) is 24.5 Å². The first-order valence-electron chi connectivity index (χ1n) is 13.0. The van der Waals surface area contributed by atoms with E-state index in [1.165, 1.54) is 0 Å². The first-order chi connectivity index (χ1) is 19.0. The van der Waals surface area contributed by atoms with Crippen LogP contribution < -0.4 is 10.2 Å². The average molecular weight is 527 g/mol. The number of nitrogens with zero attached hydrogens (tertiary/aromatic N) is 5. The van der Waals surface area contributed by atoms with Crippen LogP contribution in [-0.2, 0) is 11.3 Å². The highest BCUT2D eigenvalue weighted by molar-refractivity contribution is 5.72. The van der Waals surface area contributed by atoms with Gasteiger partial charge in [-0.15, -0.1) is 5.11 Å². The number of nitrogens with one attached hydrogen (secondary N) is 1. The van der Waals surface area contributed by atoms with Crippen molar-refractivity contribution >= 4 is 23.1 Å². The Kier molecular flexibility index (Phi) is 8.07. The monoisotopic (exact) mass is 526 g/mol. The molecule has 2 N–H and O–H groups in total. The second-order valence-corrected chi connectivity index (χ2v) is 9.66. The summed E-state index contributed by atoms with van der Waals surface area (Å²) < 4.78 is 19.6. The fourth-order valence-corrected chi connectivity index (χ4v) is 4.55. The van der Waals surface area contributed by atoms with Crippen molar-refractivity contribution in [2.75, 3.05) is 36.5 Å². The molecule has 4 aromatic rings. The van der Waals surface area contributed by atoms with Gasteiger partial charge in [0.25, 0.3) is 5.95 Å². The molecule has 0 amide bonds. The van der Waals surface area contributed by atoms with Gasteiger partial charge in [-0.3, -0.25) is 0 Å². The van der Waals surface area contributed by atoms with Crippen LogP contribution in [0.15, 0.2) is 83.2 Å². The standard InChI is InChI=1S/C30H31FN6O2/c1-20(2)27-17-25(34-24-7-3-5-21(15-24)22-6-4-8-26(38)16-22)10-9-23(27)18-33-36-30-32-19-28(31)29(35-30)37-11-13-39-14-12-37/h3-10,15-17,19-20,34,38H,11-14,18H2,1-2H3. The largest absolute Gasteiger partial charge is 0.508 e. The second kappa shape index (κ2) is 12.0. The number of phenols is 1. The molecule has 2 heterocycles. The van der Waals surface area contributed by atoms with Gasteiger partial charge in [-0.1, -0.05) is 44.2 Å². The smallest absolute Gasteiger partial charge is 0.270 e. The summed E-state index contributed by atoms with van der Waals surface area (Å²) in [4.78, 5) is 10.1. The Balaban J connectivity index is 1.30. The molecule has 9 heteroatoms. The molecule has 1 aliphatic heterocycles. The minimum Gasteiger partial charge on any atom is -0.508 e. The highest BCUT2D eigenvalue weighted by atomic mass is 19.1. The van der Waals surface area contributed by atoms with Gasteiger partial charge in [0.15, 0.2) is 11.6 Å². The second-order valence-electron chi connectivity index (χ2n) is 9.66. The molecule has 8 nitrogen and oxygen atoms in total. The van der Waals surface area contributed by atoms with E-state index < -0.39 is 5.82 Å². The molecule has 0 aliphatic carbocycles. The summed E-state index contributed by atoms with van der Waals surface area (Å²) in [6, 6.07) is 21.5. The Morgan fingerprint density at radius 2 is 1.74 bits per heavy atom. The third-order valence-electron chi connectivity index (χ3n) is 6.52. The number of benzene rings is 3. The van der Waals surface area contributed by atoms with Crippen LogP contribution in [0.2, 0.25) is 0 Å². The van der Waals surface area contributed by atoms with E-state index in [0.29, 0.717) is 32.8 Å². The van der Waals surface area contributed by atoms with Gasteiger partial charge < -0.3 is 20.1 Å². The summed E-state index contributed by atoms with van der Waals surface area (Å²) in [6.07, 6.45) is 1.14. The van der Waals surface area contributed by atoms with E-state index in [1.807, 2.05) is 47.4 Å². The number of halogens is 1. The van der Waals surface area contributed by atoms with Crippen molar-refractivity contribution in [1.82, 2.24) is 9.97 Å². The zero-order valence-corrected chi connectivity index (χ0v) is 22.0. The lowest BCUT2D eigenvalue weighted by atomic mass is 9.96. The zero-order chi connectivity index (χ0) is 27.2. The highest BCUT2D eigenvalue weighted by Gasteiger charge is 2.18. The average Bonchev–Trinajstić information content (AvgIpc) is 2.95.